The number of thioether (sulfide) groups is 1. The van der Waals surface area contributed by atoms with Crippen LogP contribution in [0.25, 0.3) is 0 Å². The molecule has 2 aromatic rings. The fraction of sp³-hybridized carbons (Fsp3) is 0.318. The molecule has 0 saturated carbocycles. The van der Waals surface area contributed by atoms with Gasteiger partial charge in [-0.3, -0.25) is 9.59 Å². The SMILES string of the molecule is COc1ccc(C)cc1N1C[C@H](C(=O)Nc2ccccc2SCCC#N)CC1=O. The van der Waals surface area contributed by atoms with Crippen molar-refractivity contribution in [3.05, 3.63) is 48.0 Å². The van der Waals surface area contributed by atoms with Crippen LogP contribution in [0.2, 0.25) is 0 Å². The summed E-state index contributed by atoms with van der Waals surface area (Å²) < 4.78 is 5.39. The highest BCUT2D eigenvalue weighted by Gasteiger charge is 2.36. The van der Waals surface area contributed by atoms with E-state index in [0.29, 0.717) is 35.8 Å². The Bertz CT molecular complexity index is 955. The van der Waals surface area contributed by atoms with Gasteiger partial charge in [0.05, 0.1) is 30.5 Å². The van der Waals surface area contributed by atoms with Crippen LogP contribution < -0.4 is 15.0 Å². The van der Waals surface area contributed by atoms with E-state index in [4.69, 9.17) is 10.00 Å². The van der Waals surface area contributed by atoms with Crippen LogP contribution in [0.15, 0.2) is 47.4 Å². The lowest BCUT2D eigenvalue weighted by Gasteiger charge is -2.20. The van der Waals surface area contributed by atoms with E-state index in [1.54, 1.807) is 12.0 Å². The van der Waals surface area contributed by atoms with E-state index in [-0.39, 0.29) is 18.2 Å². The maximum atomic E-state index is 12.9. The first-order valence-corrected chi connectivity index (χ1v) is 10.4. The number of hydrogen-bond acceptors (Lipinski definition) is 5. The number of carbonyl (C=O) groups is 2. The number of rotatable bonds is 7. The maximum absolute atomic E-state index is 12.9. The second-order valence-electron chi connectivity index (χ2n) is 6.82. The summed E-state index contributed by atoms with van der Waals surface area (Å²) in [5.41, 5.74) is 2.42. The summed E-state index contributed by atoms with van der Waals surface area (Å²) in [6, 6.07) is 15.3. The zero-order chi connectivity index (χ0) is 20.8. The number of ether oxygens (including phenoxy) is 1. The quantitative estimate of drug-likeness (QED) is 0.552. The van der Waals surface area contributed by atoms with Crippen molar-refractivity contribution in [2.24, 2.45) is 5.92 Å². The molecule has 1 atom stereocenters. The number of aryl methyl sites for hydroxylation is 1. The number of hydrogen-bond donors (Lipinski definition) is 1. The number of nitrogens with zero attached hydrogens (tertiary/aromatic N) is 2. The summed E-state index contributed by atoms with van der Waals surface area (Å²) in [6.07, 6.45) is 0.601. The number of methoxy groups -OCH3 is 1. The van der Waals surface area contributed by atoms with Gasteiger partial charge >= 0.3 is 0 Å². The highest BCUT2D eigenvalue weighted by atomic mass is 32.2. The van der Waals surface area contributed by atoms with Crippen LogP contribution in [0.3, 0.4) is 0 Å². The molecule has 29 heavy (non-hydrogen) atoms. The molecular formula is C22H23N3O3S. The van der Waals surface area contributed by atoms with Gasteiger partial charge < -0.3 is 15.0 Å². The molecule has 0 aliphatic carbocycles. The Balaban J connectivity index is 1.72. The number of para-hydroxylation sites is 1. The fourth-order valence-corrected chi connectivity index (χ4v) is 4.13. The Morgan fingerprint density at radius 3 is 2.90 bits per heavy atom. The summed E-state index contributed by atoms with van der Waals surface area (Å²) in [4.78, 5) is 28.0. The van der Waals surface area contributed by atoms with Crippen LogP contribution in [0.1, 0.15) is 18.4 Å². The smallest absolute Gasteiger partial charge is 0.229 e. The zero-order valence-electron chi connectivity index (χ0n) is 16.5. The fourth-order valence-electron chi connectivity index (χ4n) is 3.26. The molecule has 1 saturated heterocycles. The first-order chi connectivity index (χ1) is 14.0. The van der Waals surface area contributed by atoms with Crippen LogP contribution in [0, 0.1) is 24.2 Å². The lowest BCUT2D eigenvalue weighted by atomic mass is 10.1. The normalized spacial score (nSPS) is 15.8. The Hall–Kier alpha value is -2.98. The first-order valence-electron chi connectivity index (χ1n) is 9.38. The van der Waals surface area contributed by atoms with Crippen molar-refractivity contribution < 1.29 is 14.3 Å². The van der Waals surface area contributed by atoms with E-state index < -0.39 is 5.92 Å². The highest BCUT2D eigenvalue weighted by Crippen LogP contribution is 2.35. The van der Waals surface area contributed by atoms with Gasteiger partial charge in [-0.15, -0.1) is 11.8 Å². The van der Waals surface area contributed by atoms with Gasteiger partial charge in [0.1, 0.15) is 5.75 Å². The minimum absolute atomic E-state index is 0.0919. The number of nitriles is 1. The molecule has 7 heteroatoms. The van der Waals surface area contributed by atoms with Gasteiger partial charge in [0.2, 0.25) is 11.8 Å². The summed E-state index contributed by atoms with van der Waals surface area (Å²) in [5, 5.41) is 11.7. The van der Waals surface area contributed by atoms with Crippen molar-refractivity contribution in [3.63, 3.8) is 0 Å². The Morgan fingerprint density at radius 1 is 1.34 bits per heavy atom. The number of nitrogens with one attached hydrogen (secondary N) is 1. The number of benzene rings is 2. The van der Waals surface area contributed by atoms with Gasteiger partial charge in [-0.2, -0.15) is 5.26 Å². The van der Waals surface area contributed by atoms with E-state index in [1.165, 1.54) is 11.8 Å². The lowest BCUT2D eigenvalue weighted by molar-refractivity contribution is -0.122. The molecule has 1 fully saturated rings. The first kappa shape index (κ1) is 20.7. The van der Waals surface area contributed by atoms with Crippen molar-refractivity contribution in [3.8, 4) is 11.8 Å². The van der Waals surface area contributed by atoms with Gasteiger partial charge in [-0.05, 0) is 36.8 Å². The van der Waals surface area contributed by atoms with Gasteiger partial charge in [0.15, 0.2) is 0 Å². The predicted molar refractivity (Wildman–Crippen MR) is 114 cm³/mol. The molecule has 150 valence electrons. The van der Waals surface area contributed by atoms with Crippen molar-refractivity contribution >= 4 is 35.0 Å². The van der Waals surface area contributed by atoms with Crippen LogP contribution in [0.5, 0.6) is 5.75 Å². The Labute approximate surface area is 174 Å². The van der Waals surface area contributed by atoms with Crippen LogP contribution in [-0.4, -0.2) is 31.2 Å². The number of carbonyl (C=O) groups excluding carboxylic acids is 2. The van der Waals surface area contributed by atoms with Crippen molar-refractivity contribution in [1.82, 2.24) is 0 Å². The summed E-state index contributed by atoms with van der Waals surface area (Å²) in [7, 11) is 1.57. The van der Waals surface area contributed by atoms with Crippen LogP contribution in [0.4, 0.5) is 11.4 Å². The minimum atomic E-state index is -0.440. The second kappa shape index (κ2) is 9.48. The van der Waals surface area contributed by atoms with Gasteiger partial charge in [-0.25, -0.2) is 0 Å². The monoisotopic (exact) mass is 409 g/mol. The van der Waals surface area contributed by atoms with Crippen LogP contribution >= 0.6 is 11.8 Å². The summed E-state index contributed by atoms with van der Waals surface area (Å²) >= 11 is 1.53. The van der Waals surface area contributed by atoms with E-state index >= 15 is 0 Å². The Morgan fingerprint density at radius 2 is 2.14 bits per heavy atom. The average Bonchev–Trinajstić information content (AvgIpc) is 3.11. The molecule has 1 aliphatic heterocycles. The van der Waals surface area contributed by atoms with E-state index in [0.717, 1.165) is 10.5 Å². The topological polar surface area (TPSA) is 82.4 Å². The number of amides is 2. The van der Waals surface area contributed by atoms with Crippen molar-refractivity contribution in [2.45, 2.75) is 24.7 Å². The minimum Gasteiger partial charge on any atom is -0.495 e. The van der Waals surface area contributed by atoms with E-state index in [2.05, 4.69) is 11.4 Å². The molecule has 1 N–H and O–H groups in total. The van der Waals surface area contributed by atoms with Gasteiger partial charge in [0.25, 0.3) is 0 Å². The molecule has 1 aliphatic rings. The van der Waals surface area contributed by atoms with E-state index in [9.17, 15) is 9.59 Å². The van der Waals surface area contributed by atoms with E-state index in [1.807, 2.05) is 49.4 Å². The molecule has 0 unspecified atom stereocenters. The summed E-state index contributed by atoms with van der Waals surface area (Å²) in [6.45, 7) is 2.27. The molecule has 0 aromatic heterocycles. The number of anilines is 2. The molecule has 2 amide bonds. The third-order valence-electron chi connectivity index (χ3n) is 4.74. The standard InChI is InChI=1S/C22H23N3O3S/c1-15-8-9-19(28-2)18(12-15)25-14-16(13-21(25)26)22(27)24-17-6-3-4-7-20(17)29-11-5-10-23/h3-4,6-9,12,16H,5,11,13-14H2,1-2H3,(H,24,27)/t16-/m1/s1. The largest absolute Gasteiger partial charge is 0.495 e. The maximum Gasteiger partial charge on any atom is 0.229 e. The highest BCUT2D eigenvalue weighted by molar-refractivity contribution is 7.99. The molecule has 1 heterocycles. The molecule has 0 radical (unpaired) electrons. The molecular weight excluding hydrogens is 386 g/mol. The third-order valence-corrected chi connectivity index (χ3v) is 5.81. The predicted octanol–water partition coefficient (Wildman–Crippen LogP) is 4.00. The van der Waals surface area contributed by atoms with Gasteiger partial charge in [-0.1, -0.05) is 18.2 Å². The zero-order valence-corrected chi connectivity index (χ0v) is 17.3. The molecule has 3 rings (SSSR count). The molecule has 2 aromatic carbocycles. The third kappa shape index (κ3) is 4.90. The second-order valence-corrected chi connectivity index (χ2v) is 7.96. The van der Waals surface area contributed by atoms with Crippen molar-refractivity contribution in [2.75, 3.05) is 29.6 Å². The van der Waals surface area contributed by atoms with Crippen molar-refractivity contribution in [1.29, 1.82) is 5.26 Å². The lowest BCUT2D eigenvalue weighted by Crippen LogP contribution is -2.28. The molecule has 6 nitrogen and oxygen atoms in total. The van der Waals surface area contributed by atoms with Gasteiger partial charge in [0, 0.05) is 30.0 Å². The Kier molecular flexibility index (Phi) is 6.78. The average molecular weight is 410 g/mol. The van der Waals surface area contributed by atoms with Crippen LogP contribution in [-0.2, 0) is 9.59 Å². The summed E-state index contributed by atoms with van der Waals surface area (Å²) in [5.74, 6) is 0.562. The molecule has 0 bridgehead atoms. The molecule has 0 spiro atoms.